The molecule has 0 amide bonds. The summed E-state index contributed by atoms with van der Waals surface area (Å²) in [5.74, 6) is -0.0900. The molecule has 1 heterocycles. The molecule has 0 aliphatic carbocycles. The number of rotatable bonds is 8. The van der Waals surface area contributed by atoms with Gasteiger partial charge in [0.1, 0.15) is 11.4 Å². The molecule has 0 aliphatic rings. The summed E-state index contributed by atoms with van der Waals surface area (Å²) in [4.78, 5) is 26.3. The van der Waals surface area contributed by atoms with E-state index in [-0.39, 0.29) is 18.1 Å². The number of esters is 1. The van der Waals surface area contributed by atoms with Gasteiger partial charge in [0.05, 0.1) is 20.3 Å². The van der Waals surface area contributed by atoms with Crippen LogP contribution in [0.5, 0.6) is 5.75 Å². The van der Waals surface area contributed by atoms with Crippen LogP contribution >= 0.6 is 0 Å². The van der Waals surface area contributed by atoms with E-state index >= 15 is 0 Å². The van der Waals surface area contributed by atoms with Crippen LogP contribution in [0, 0.1) is 0 Å². The standard InChI is InChI=1S/C19H23N3O4/c1-5-26-19(24)16-12-17(18(23)9-10-21(2)3)22(20-16)13-14-7-6-8-15(11-14)25-4/h6-12H,5,13H2,1-4H3/b10-9+. The summed E-state index contributed by atoms with van der Waals surface area (Å²) in [7, 11) is 5.23. The molecule has 0 radical (unpaired) electrons. The highest BCUT2D eigenvalue weighted by Gasteiger charge is 2.19. The Balaban J connectivity index is 2.37. The number of methoxy groups -OCH3 is 1. The Hall–Kier alpha value is -3.09. The molecule has 7 heteroatoms. The molecule has 1 aromatic heterocycles. The molecule has 0 unspecified atom stereocenters. The molecule has 0 N–H and O–H groups in total. The monoisotopic (exact) mass is 357 g/mol. The van der Waals surface area contributed by atoms with Gasteiger partial charge in [0.25, 0.3) is 0 Å². The van der Waals surface area contributed by atoms with E-state index in [9.17, 15) is 9.59 Å². The van der Waals surface area contributed by atoms with Crippen molar-refractivity contribution in [2.45, 2.75) is 13.5 Å². The Morgan fingerprint density at radius 2 is 2.04 bits per heavy atom. The molecule has 7 nitrogen and oxygen atoms in total. The zero-order chi connectivity index (χ0) is 19.1. The molecule has 0 fully saturated rings. The topological polar surface area (TPSA) is 73.7 Å². The van der Waals surface area contributed by atoms with Gasteiger partial charge >= 0.3 is 5.97 Å². The Morgan fingerprint density at radius 1 is 1.27 bits per heavy atom. The molecular formula is C19H23N3O4. The van der Waals surface area contributed by atoms with Crippen LogP contribution in [0.15, 0.2) is 42.6 Å². The summed E-state index contributed by atoms with van der Waals surface area (Å²) in [5.41, 5.74) is 1.32. The van der Waals surface area contributed by atoms with Crippen molar-refractivity contribution in [3.63, 3.8) is 0 Å². The van der Waals surface area contributed by atoms with Crippen molar-refractivity contribution in [1.29, 1.82) is 0 Å². The van der Waals surface area contributed by atoms with Crippen LogP contribution in [0.3, 0.4) is 0 Å². The predicted molar refractivity (Wildman–Crippen MR) is 97.4 cm³/mol. The summed E-state index contributed by atoms with van der Waals surface area (Å²) in [6, 6.07) is 8.91. The summed E-state index contributed by atoms with van der Waals surface area (Å²) >= 11 is 0. The van der Waals surface area contributed by atoms with Gasteiger partial charge in [0.2, 0.25) is 5.78 Å². The van der Waals surface area contributed by atoms with Crippen LogP contribution in [-0.4, -0.2) is 54.2 Å². The number of aromatic nitrogens is 2. The minimum atomic E-state index is -0.553. The van der Waals surface area contributed by atoms with E-state index in [0.29, 0.717) is 18.0 Å². The summed E-state index contributed by atoms with van der Waals surface area (Å²) in [6.45, 7) is 2.29. The summed E-state index contributed by atoms with van der Waals surface area (Å²) in [5, 5.41) is 4.26. The Labute approximate surface area is 152 Å². The lowest BCUT2D eigenvalue weighted by atomic mass is 10.2. The first kappa shape index (κ1) is 19.2. The maximum atomic E-state index is 12.5. The largest absolute Gasteiger partial charge is 0.497 e. The molecule has 138 valence electrons. The first-order valence-electron chi connectivity index (χ1n) is 8.21. The number of carbonyl (C=O) groups excluding carboxylic acids is 2. The van der Waals surface area contributed by atoms with Crippen molar-refractivity contribution >= 4 is 11.8 Å². The third-order valence-corrected chi connectivity index (χ3v) is 3.51. The zero-order valence-corrected chi connectivity index (χ0v) is 15.4. The average Bonchev–Trinajstić information content (AvgIpc) is 3.04. The Kier molecular flexibility index (Phi) is 6.54. The first-order chi connectivity index (χ1) is 12.4. The molecule has 0 saturated heterocycles. The van der Waals surface area contributed by atoms with Crippen molar-refractivity contribution in [2.75, 3.05) is 27.8 Å². The quantitative estimate of drug-likeness (QED) is 0.410. The van der Waals surface area contributed by atoms with Crippen molar-refractivity contribution in [3.05, 3.63) is 59.6 Å². The maximum absolute atomic E-state index is 12.5. The molecule has 2 rings (SSSR count). The number of benzene rings is 1. The van der Waals surface area contributed by atoms with Gasteiger partial charge in [-0.25, -0.2) is 4.79 Å². The minimum absolute atomic E-state index is 0.108. The molecule has 0 saturated carbocycles. The van der Waals surface area contributed by atoms with Gasteiger partial charge in [0, 0.05) is 32.4 Å². The van der Waals surface area contributed by atoms with Crippen molar-refractivity contribution < 1.29 is 19.1 Å². The van der Waals surface area contributed by atoms with E-state index < -0.39 is 5.97 Å². The summed E-state index contributed by atoms with van der Waals surface area (Å²) in [6.07, 6.45) is 3.09. The normalized spacial score (nSPS) is 10.8. The fourth-order valence-corrected chi connectivity index (χ4v) is 2.29. The van der Waals surface area contributed by atoms with Crippen molar-refractivity contribution in [1.82, 2.24) is 14.7 Å². The van der Waals surface area contributed by atoms with Crippen LogP contribution in [0.1, 0.15) is 33.5 Å². The van der Waals surface area contributed by atoms with Crippen molar-refractivity contribution in [3.8, 4) is 5.75 Å². The van der Waals surface area contributed by atoms with Gasteiger partial charge in [-0.2, -0.15) is 5.10 Å². The number of hydrogen-bond acceptors (Lipinski definition) is 6. The van der Waals surface area contributed by atoms with Gasteiger partial charge in [-0.3, -0.25) is 9.48 Å². The van der Waals surface area contributed by atoms with Crippen molar-refractivity contribution in [2.24, 2.45) is 0 Å². The number of carbonyl (C=O) groups is 2. The highest BCUT2D eigenvalue weighted by Crippen LogP contribution is 2.16. The van der Waals surface area contributed by atoms with Gasteiger partial charge in [-0.15, -0.1) is 0 Å². The fourth-order valence-electron chi connectivity index (χ4n) is 2.29. The zero-order valence-electron chi connectivity index (χ0n) is 15.4. The molecule has 1 aromatic carbocycles. The molecule has 0 aliphatic heterocycles. The maximum Gasteiger partial charge on any atom is 0.358 e. The molecule has 0 atom stereocenters. The molecule has 0 spiro atoms. The summed E-state index contributed by atoms with van der Waals surface area (Å²) < 4.78 is 11.7. The van der Waals surface area contributed by atoms with Gasteiger partial charge in [-0.1, -0.05) is 12.1 Å². The van der Waals surface area contributed by atoms with Crippen LogP contribution < -0.4 is 4.74 Å². The number of nitrogens with zero attached hydrogens (tertiary/aromatic N) is 3. The van der Waals surface area contributed by atoms with E-state index in [4.69, 9.17) is 9.47 Å². The number of allylic oxidation sites excluding steroid dienone is 1. The van der Waals surface area contributed by atoms with E-state index in [1.807, 2.05) is 38.4 Å². The lowest BCUT2D eigenvalue weighted by Gasteiger charge is -2.08. The molecule has 2 aromatic rings. The average molecular weight is 357 g/mol. The molecule has 26 heavy (non-hydrogen) atoms. The third-order valence-electron chi connectivity index (χ3n) is 3.51. The fraction of sp³-hybridized carbons (Fsp3) is 0.316. The Morgan fingerprint density at radius 3 is 2.69 bits per heavy atom. The van der Waals surface area contributed by atoms with Crippen LogP contribution in [-0.2, 0) is 11.3 Å². The number of ether oxygens (including phenoxy) is 2. The van der Waals surface area contributed by atoms with E-state index in [0.717, 1.165) is 5.56 Å². The van der Waals surface area contributed by atoms with Gasteiger partial charge < -0.3 is 14.4 Å². The first-order valence-corrected chi connectivity index (χ1v) is 8.21. The second-order valence-corrected chi connectivity index (χ2v) is 5.79. The molecule has 0 bridgehead atoms. The van der Waals surface area contributed by atoms with E-state index in [1.165, 1.54) is 16.8 Å². The van der Waals surface area contributed by atoms with Gasteiger partial charge in [0.15, 0.2) is 5.69 Å². The second kappa shape index (κ2) is 8.84. The van der Waals surface area contributed by atoms with E-state index in [2.05, 4.69) is 5.10 Å². The minimum Gasteiger partial charge on any atom is -0.497 e. The smallest absolute Gasteiger partial charge is 0.358 e. The second-order valence-electron chi connectivity index (χ2n) is 5.79. The third kappa shape index (κ3) is 4.95. The SMILES string of the molecule is CCOC(=O)c1cc(C(=O)/C=C/N(C)C)n(Cc2cccc(OC)c2)n1. The van der Waals surface area contributed by atoms with E-state index in [1.54, 1.807) is 25.1 Å². The highest BCUT2D eigenvalue weighted by atomic mass is 16.5. The lowest BCUT2D eigenvalue weighted by molar-refractivity contribution is 0.0518. The van der Waals surface area contributed by atoms with Gasteiger partial charge in [-0.05, 0) is 24.6 Å². The Bertz CT molecular complexity index is 809. The van der Waals surface area contributed by atoms with Crippen LogP contribution in [0.4, 0.5) is 0 Å². The predicted octanol–water partition coefficient (Wildman–Crippen LogP) is 2.37. The highest BCUT2D eigenvalue weighted by molar-refractivity contribution is 6.04. The van der Waals surface area contributed by atoms with Crippen LogP contribution in [0.25, 0.3) is 0 Å². The lowest BCUT2D eigenvalue weighted by Crippen LogP contribution is -2.12. The van der Waals surface area contributed by atoms with Crippen LogP contribution in [0.2, 0.25) is 0 Å². The number of hydrogen-bond donors (Lipinski definition) is 0. The number of ketones is 1. The molecular weight excluding hydrogens is 334 g/mol.